The van der Waals surface area contributed by atoms with Gasteiger partial charge in [-0.3, -0.25) is 9.59 Å². The molecule has 0 aliphatic carbocycles. The molecule has 9 heteroatoms. The van der Waals surface area contributed by atoms with Crippen molar-refractivity contribution < 1.29 is 18.4 Å². The van der Waals surface area contributed by atoms with Crippen LogP contribution in [-0.2, 0) is 4.79 Å². The Kier molecular flexibility index (Phi) is 8.87. The normalized spacial score (nSPS) is 16.7. The molecule has 2 aromatic rings. The maximum atomic E-state index is 12.7. The van der Waals surface area contributed by atoms with E-state index in [-0.39, 0.29) is 17.7 Å². The molecule has 1 unspecified atom stereocenters. The lowest BCUT2D eigenvalue weighted by atomic mass is 9.97. The van der Waals surface area contributed by atoms with Gasteiger partial charge in [0.25, 0.3) is 11.7 Å². The number of para-hydroxylation sites is 1. The largest absolute Gasteiger partial charge is 0.369 e. The van der Waals surface area contributed by atoms with Crippen LogP contribution in [0.15, 0.2) is 53.4 Å². The van der Waals surface area contributed by atoms with Crippen molar-refractivity contribution in [2.45, 2.75) is 29.9 Å². The zero-order chi connectivity index (χ0) is 22.9. The Morgan fingerprint density at radius 1 is 1.16 bits per heavy atom. The third kappa shape index (κ3) is 7.20. The first-order valence-electron chi connectivity index (χ1n) is 10.6. The van der Waals surface area contributed by atoms with E-state index < -0.39 is 5.76 Å². The van der Waals surface area contributed by atoms with E-state index >= 15 is 0 Å². The van der Waals surface area contributed by atoms with Gasteiger partial charge in [0.05, 0.1) is 17.2 Å². The number of likely N-dealkylation sites (tertiary alicyclic amines) is 1. The van der Waals surface area contributed by atoms with Crippen LogP contribution in [0.4, 0.5) is 20.2 Å². The van der Waals surface area contributed by atoms with Crippen LogP contribution in [-0.4, -0.2) is 48.7 Å². The molecule has 1 saturated heterocycles. The van der Waals surface area contributed by atoms with E-state index in [0.717, 1.165) is 32.4 Å². The highest BCUT2D eigenvalue weighted by Crippen LogP contribution is 2.28. The standard InChI is InChI=1S/C23H28F2N4O2S/c24-23(25)32-18-10-8-17(9-11-18)28-20-7-2-1-6-19(20)22(31)27-12-4-14-29-13-3-5-16(15-29)21(26)30/h1-2,6-11,16,23,28H,3-5,12-15H2,(H2,26,30)(H,27,31). The summed E-state index contributed by atoms with van der Waals surface area (Å²) < 4.78 is 24.9. The summed E-state index contributed by atoms with van der Waals surface area (Å²) >= 11 is 0.493. The van der Waals surface area contributed by atoms with E-state index in [9.17, 15) is 18.4 Å². The number of piperidine rings is 1. The number of carbonyl (C=O) groups excluding carboxylic acids is 2. The summed E-state index contributed by atoms with van der Waals surface area (Å²) in [7, 11) is 0. The molecule has 0 bridgehead atoms. The van der Waals surface area contributed by atoms with E-state index in [1.54, 1.807) is 42.5 Å². The zero-order valence-electron chi connectivity index (χ0n) is 17.7. The summed E-state index contributed by atoms with van der Waals surface area (Å²) in [6.07, 6.45) is 2.58. The number of primary amides is 1. The fraction of sp³-hybridized carbons (Fsp3) is 0.391. The molecule has 1 aliphatic rings. The van der Waals surface area contributed by atoms with Gasteiger partial charge in [-0.25, -0.2) is 0 Å². The minimum Gasteiger partial charge on any atom is -0.369 e. The van der Waals surface area contributed by atoms with Crippen molar-refractivity contribution >= 4 is 35.0 Å². The Hall–Kier alpha value is -2.65. The topological polar surface area (TPSA) is 87.5 Å². The van der Waals surface area contributed by atoms with Gasteiger partial charge in [0.1, 0.15) is 0 Å². The summed E-state index contributed by atoms with van der Waals surface area (Å²) in [6.45, 7) is 2.95. The lowest BCUT2D eigenvalue weighted by molar-refractivity contribution is -0.123. The summed E-state index contributed by atoms with van der Waals surface area (Å²) in [4.78, 5) is 26.8. The number of hydrogen-bond acceptors (Lipinski definition) is 5. The van der Waals surface area contributed by atoms with E-state index in [1.807, 2.05) is 6.07 Å². The van der Waals surface area contributed by atoms with Gasteiger partial charge in [-0.05, 0) is 68.8 Å². The molecule has 1 heterocycles. The fourth-order valence-corrected chi connectivity index (χ4v) is 4.25. The van der Waals surface area contributed by atoms with Crippen molar-refractivity contribution in [3.8, 4) is 0 Å². The van der Waals surface area contributed by atoms with Crippen molar-refractivity contribution in [1.29, 1.82) is 0 Å². The second kappa shape index (κ2) is 11.8. The molecule has 2 amide bonds. The second-order valence-electron chi connectivity index (χ2n) is 7.73. The quantitative estimate of drug-likeness (QED) is 0.366. The Bertz CT molecular complexity index is 911. The SMILES string of the molecule is NC(=O)C1CCCN(CCCNC(=O)c2ccccc2Nc2ccc(SC(F)F)cc2)C1. The number of rotatable bonds is 10. The van der Waals surface area contributed by atoms with Crippen LogP contribution in [0.5, 0.6) is 0 Å². The molecule has 1 aliphatic heterocycles. The molecule has 0 aromatic heterocycles. The van der Waals surface area contributed by atoms with Gasteiger partial charge >= 0.3 is 0 Å². The fourth-order valence-electron chi connectivity index (χ4n) is 3.76. The van der Waals surface area contributed by atoms with Crippen molar-refractivity contribution in [2.75, 3.05) is 31.5 Å². The number of carbonyl (C=O) groups is 2. The first-order valence-corrected chi connectivity index (χ1v) is 11.5. The minimum absolute atomic E-state index is 0.0840. The molecule has 6 nitrogen and oxygen atoms in total. The van der Waals surface area contributed by atoms with Gasteiger partial charge in [-0.15, -0.1) is 0 Å². The maximum absolute atomic E-state index is 12.7. The number of amides is 2. The van der Waals surface area contributed by atoms with Crippen molar-refractivity contribution in [2.24, 2.45) is 11.7 Å². The number of nitrogens with one attached hydrogen (secondary N) is 2. The summed E-state index contributed by atoms with van der Waals surface area (Å²) in [5.74, 6) is -2.97. The van der Waals surface area contributed by atoms with Crippen LogP contribution in [0.3, 0.4) is 0 Å². The summed E-state index contributed by atoms with van der Waals surface area (Å²) in [5.41, 5.74) is 7.27. The van der Waals surface area contributed by atoms with Crippen molar-refractivity contribution in [3.63, 3.8) is 0 Å². The van der Waals surface area contributed by atoms with Crippen LogP contribution in [0, 0.1) is 5.92 Å². The monoisotopic (exact) mass is 462 g/mol. The van der Waals surface area contributed by atoms with Crippen LogP contribution in [0.2, 0.25) is 0 Å². The summed E-state index contributed by atoms with van der Waals surface area (Å²) in [6, 6.07) is 13.8. The molecule has 0 radical (unpaired) electrons. The van der Waals surface area contributed by atoms with E-state index in [1.165, 1.54) is 0 Å². The van der Waals surface area contributed by atoms with Gasteiger partial charge < -0.3 is 21.3 Å². The third-order valence-corrected chi connectivity index (χ3v) is 6.10. The maximum Gasteiger partial charge on any atom is 0.288 e. The first-order chi connectivity index (χ1) is 15.4. The predicted octanol–water partition coefficient (Wildman–Crippen LogP) is 4.06. The molecule has 4 N–H and O–H groups in total. The highest BCUT2D eigenvalue weighted by Gasteiger charge is 2.23. The Labute approximate surface area is 190 Å². The average molecular weight is 463 g/mol. The Morgan fingerprint density at radius 2 is 1.91 bits per heavy atom. The number of thioether (sulfide) groups is 1. The number of alkyl halides is 2. The number of halogens is 2. The Balaban J connectivity index is 1.50. The van der Waals surface area contributed by atoms with Gasteiger partial charge in [0.2, 0.25) is 5.91 Å². The highest BCUT2D eigenvalue weighted by molar-refractivity contribution is 7.99. The van der Waals surface area contributed by atoms with E-state index in [0.29, 0.717) is 46.7 Å². The lowest BCUT2D eigenvalue weighted by Crippen LogP contribution is -2.42. The summed E-state index contributed by atoms with van der Waals surface area (Å²) in [5, 5.41) is 6.13. The smallest absolute Gasteiger partial charge is 0.288 e. The number of nitrogens with zero attached hydrogens (tertiary/aromatic N) is 1. The van der Waals surface area contributed by atoms with Gasteiger partial charge in [0.15, 0.2) is 0 Å². The van der Waals surface area contributed by atoms with Gasteiger partial charge in [0, 0.05) is 23.7 Å². The minimum atomic E-state index is -2.46. The van der Waals surface area contributed by atoms with E-state index in [2.05, 4.69) is 15.5 Å². The number of hydrogen-bond donors (Lipinski definition) is 3. The van der Waals surface area contributed by atoms with Crippen molar-refractivity contribution in [3.05, 3.63) is 54.1 Å². The molecule has 0 saturated carbocycles. The number of anilines is 2. The predicted molar refractivity (Wildman–Crippen MR) is 123 cm³/mol. The molecule has 32 heavy (non-hydrogen) atoms. The molecule has 172 valence electrons. The van der Waals surface area contributed by atoms with Crippen LogP contribution < -0.4 is 16.4 Å². The van der Waals surface area contributed by atoms with Crippen LogP contribution in [0.1, 0.15) is 29.6 Å². The van der Waals surface area contributed by atoms with E-state index in [4.69, 9.17) is 5.73 Å². The molecular weight excluding hydrogens is 434 g/mol. The molecule has 1 atom stereocenters. The zero-order valence-corrected chi connectivity index (χ0v) is 18.5. The van der Waals surface area contributed by atoms with Crippen LogP contribution >= 0.6 is 11.8 Å². The number of nitrogens with two attached hydrogens (primary N) is 1. The van der Waals surface area contributed by atoms with Gasteiger partial charge in [-0.1, -0.05) is 23.9 Å². The molecule has 2 aromatic carbocycles. The molecular formula is C23H28F2N4O2S. The first kappa shape index (κ1) is 24.0. The third-order valence-electron chi connectivity index (χ3n) is 5.37. The Morgan fingerprint density at radius 3 is 2.62 bits per heavy atom. The average Bonchev–Trinajstić information content (AvgIpc) is 2.78. The van der Waals surface area contributed by atoms with Crippen LogP contribution in [0.25, 0.3) is 0 Å². The van der Waals surface area contributed by atoms with Crippen molar-refractivity contribution in [1.82, 2.24) is 10.2 Å². The lowest BCUT2D eigenvalue weighted by Gasteiger charge is -2.31. The van der Waals surface area contributed by atoms with Gasteiger partial charge in [-0.2, -0.15) is 8.78 Å². The highest BCUT2D eigenvalue weighted by atomic mass is 32.2. The molecule has 0 spiro atoms. The molecule has 1 fully saturated rings. The number of benzene rings is 2. The second-order valence-corrected chi connectivity index (χ2v) is 8.79. The molecule has 3 rings (SSSR count).